The van der Waals surface area contributed by atoms with Gasteiger partial charge in [0.25, 0.3) is 0 Å². The Morgan fingerprint density at radius 3 is 2.60 bits per heavy atom. The average molecular weight is 291 g/mol. The van der Waals surface area contributed by atoms with Crippen LogP contribution < -0.4 is 0 Å². The number of hydrogen-bond donors (Lipinski definition) is 1. The first kappa shape index (κ1) is 14.8. The molecule has 0 unspecified atom stereocenters. The van der Waals surface area contributed by atoms with Crippen LogP contribution in [0.3, 0.4) is 0 Å². The summed E-state index contributed by atoms with van der Waals surface area (Å²) in [6.07, 6.45) is 2.89. The van der Waals surface area contributed by atoms with Crippen molar-refractivity contribution in [1.82, 2.24) is 4.90 Å². The minimum absolute atomic E-state index is 0.0373. The minimum atomic E-state index is -0.0878. The van der Waals surface area contributed by atoms with Gasteiger partial charge in [-0.1, -0.05) is 11.8 Å². The van der Waals surface area contributed by atoms with E-state index in [4.69, 9.17) is 5.11 Å². The maximum absolute atomic E-state index is 12.0. The van der Waals surface area contributed by atoms with E-state index in [9.17, 15) is 9.59 Å². The summed E-state index contributed by atoms with van der Waals surface area (Å²) >= 11 is 1.50. The molecule has 1 aromatic heterocycles. The van der Waals surface area contributed by atoms with Gasteiger partial charge in [-0.15, -0.1) is 11.3 Å². The standard InChI is InChI=1S/C15H17NO3S/c17-9-4-3-5-12-8-10-20-13(12)11-16-14(18)6-1-2-7-15(16)19/h8,10,17H,1-2,4,6-7,9,11H2. The van der Waals surface area contributed by atoms with Gasteiger partial charge in [0, 0.05) is 29.7 Å². The zero-order valence-corrected chi connectivity index (χ0v) is 12.0. The van der Waals surface area contributed by atoms with E-state index in [1.165, 1.54) is 16.2 Å². The lowest BCUT2D eigenvalue weighted by Gasteiger charge is -2.17. The molecule has 1 N–H and O–H groups in total. The predicted molar refractivity (Wildman–Crippen MR) is 76.9 cm³/mol. The number of imide groups is 1. The molecule has 0 atom stereocenters. The van der Waals surface area contributed by atoms with Crippen LogP contribution in [-0.2, 0) is 16.1 Å². The number of aliphatic hydroxyl groups is 1. The Labute approximate surface area is 122 Å². The molecule has 2 heterocycles. The Kier molecular flexibility index (Phi) is 5.33. The lowest BCUT2D eigenvalue weighted by molar-refractivity contribution is -0.144. The molecule has 0 saturated carbocycles. The lowest BCUT2D eigenvalue weighted by Crippen LogP contribution is -2.34. The third-order valence-corrected chi connectivity index (χ3v) is 4.05. The number of nitrogens with zero attached hydrogens (tertiary/aromatic N) is 1. The van der Waals surface area contributed by atoms with Crippen molar-refractivity contribution in [2.75, 3.05) is 6.61 Å². The van der Waals surface area contributed by atoms with Gasteiger partial charge in [0.15, 0.2) is 0 Å². The smallest absolute Gasteiger partial charge is 0.229 e. The SMILES string of the molecule is O=C1CCCCC(=O)N1Cc1sccc1C#CCCO. The molecule has 0 aliphatic carbocycles. The quantitative estimate of drug-likeness (QED) is 0.683. The van der Waals surface area contributed by atoms with Gasteiger partial charge >= 0.3 is 0 Å². The lowest BCUT2D eigenvalue weighted by atomic mass is 10.2. The zero-order valence-electron chi connectivity index (χ0n) is 11.2. The van der Waals surface area contributed by atoms with Gasteiger partial charge in [-0.25, -0.2) is 0 Å². The van der Waals surface area contributed by atoms with Gasteiger partial charge < -0.3 is 5.11 Å². The highest BCUT2D eigenvalue weighted by Crippen LogP contribution is 2.21. The number of amides is 2. The van der Waals surface area contributed by atoms with Crippen LogP contribution in [0.4, 0.5) is 0 Å². The van der Waals surface area contributed by atoms with Gasteiger partial charge in [0.05, 0.1) is 13.2 Å². The van der Waals surface area contributed by atoms with Crippen molar-refractivity contribution in [3.05, 3.63) is 21.9 Å². The van der Waals surface area contributed by atoms with Crippen LogP contribution in [0.2, 0.25) is 0 Å². The van der Waals surface area contributed by atoms with Crippen LogP contribution >= 0.6 is 11.3 Å². The van der Waals surface area contributed by atoms with E-state index in [1.807, 2.05) is 11.4 Å². The van der Waals surface area contributed by atoms with Crippen molar-refractivity contribution < 1.29 is 14.7 Å². The molecule has 106 valence electrons. The Hall–Kier alpha value is -1.64. The third-order valence-electron chi connectivity index (χ3n) is 3.14. The number of hydrogen-bond acceptors (Lipinski definition) is 4. The van der Waals surface area contributed by atoms with Crippen molar-refractivity contribution in [3.8, 4) is 11.8 Å². The van der Waals surface area contributed by atoms with Crippen LogP contribution in [0, 0.1) is 11.8 Å². The van der Waals surface area contributed by atoms with Crippen LogP contribution in [0.25, 0.3) is 0 Å². The Balaban J connectivity index is 2.13. The maximum Gasteiger partial charge on any atom is 0.229 e. The van der Waals surface area contributed by atoms with Gasteiger partial charge in [-0.05, 0) is 24.3 Å². The van der Waals surface area contributed by atoms with E-state index in [1.54, 1.807) is 0 Å². The molecule has 1 aliphatic heterocycles. The molecule has 2 rings (SSSR count). The second kappa shape index (κ2) is 7.22. The normalized spacial score (nSPS) is 15.8. The van der Waals surface area contributed by atoms with E-state index < -0.39 is 0 Å². The summed E-state index contributed by atoms with van der Waals surface area (Å²) in [6, 6.07) is 1.89. The topological polar surface area (TPSA) is 57.6 Å². The summed E-state index contributed by atoms with van der Waals surface area (Å²) in [4.78, 5) is 26.2. The zero-order chi connectivity index (χ0) is 14.4. The fourth-order valence-corrected chi connectivity index (χ4v) is 2.89. The molecule has 0 bridgehead atoms. The highest BCUT2D eigenvalue weighted by Gasteiger charge is 2.25. The summed E-state index contributed by atoms with van der Waals surface area (Å²) in [5.41, 5.74) is 0.841. The van der Waals surface area contributed by atoms with Crippen molar-refractivity contribution in [2.24, 2.45) is 0 Å². The molecule has 4 nitrogen and oxygen atoms in total. The number of rotatable bonds is 3. The van der Waals surface area contributed by atoms with E-state index in [0.29, 0.717) is 25.8 Å². The monoisotopic (exact) mass is 291 g/mol. The molecule has 1 aromatic rings. The van der Waals surface area contributed by atoms with Gasteiger partial charge in [0.2, 0.25) is 11.8 Å². The van der Waals surface area contributed by atoms with Crippen molar-refractivity contribution >= 4 is 23.2 Å². The Bertz CT molecular complexity index is 535. The first-order valence-corrected chi connectivity index (χ1v) is 7.59. The molecule has 0 spiro atoms. The minimum Gasteiger partial charge on any atom is -0.395 e. The van der Waals surface area contributed by atoms with E-state index in [0.717, 1.165) is 23.3 Å². The summed E-state index contributed by atoms with van der Waals surface area (Å²) in [5, 5.41) is 10.6. The molecule has 0 radical (unpaired) electrons. The largest absolute Gasteiger partial charge is 0.395 e. The highest BCUT2D eigenvalue weighted by atomic mass is 32.1. The van der Waals surface area contributed by atoms with Crippen LogP contribution in [0.1, 0.15) is 42.5 Å². The first-order chi connectivity index (χ1) is 9.72. The molecule has 1 fully saturated rings. The molecular weight excluding hydrogens is 274 g/mol. The number of carbonyl (C=O) groups excluding carboxylic acids is 2. The molecular formula is C15H17NO3S. The molecule has 2 amide bonds. The van der Waals surface area contributed by atoms with Gasteiger partial charge in [-0.2, -0.15) is 0 Å². The molecule has 20 heavy (non-hydrogen) atoms. The summed E-state index contributed by atoms with van der Waals surface area (Å²) < 4.78 is 0. The van der Waals surface area contributed by atoms with E-state index in [2.05, 4.69) is 11.8 Å². The molecule has 0 aromatic carbocycles. The van der Waals surface area contributed by atoms with Crippen LogP contribution in [0.15, 0.2) is 11.4 Å². The fraction of sp³-hybridized carbons (Fsp3) is 0.467. The first-order valence-electron chi connectivity index (χ1n) is 6.71. The Morgan fingerprint density at radius 2 is 1.95 bits per heavy atom. The number of carbonyl (C=O) groups is 2. The van der Waals surface area contributed by atoms with Crippen molar-refractivity contribution in [2.45, 2.75) is 38.6 Å². The molecule has 5 heteroatoms. The molecule has 1 aliphatic rings. The Morgan fingerprint density at radius 1 is 1.25 bits per heavy atom. The number of likely N-dealkylation sites (tertiary alicyclic amines) is 1. The predicted octanol–water partition coefficient (Wildman–Crippen LogP) is 1.91. The van der Waals surface area contributed by atoms with Crippen LogP contribution in [-0.4, -0.2) is 28.4 Å². The van der Waals surface area contributed by atoms with E-state index in [-0.39, 0.29) is 18.4 Å². The maximum atomic E-state index is 12.0. The second-order valence-corrected chi connectivity index (χ2v) is 5.61. The third kappa shape index (κ3) is 3.69. The van der Waals surface area contributed by atoms with Gasteiger partial charge in [0.1, 0.15) is 0 Å². The fourth-order valence-electron chi connectivity index (χ4n) is 2.07. The van der Waals surface area contributed by atoms with Gasteiger partial charge in [-0.3, -0.25) is 14.5 Å². The summed E-state index contributed by atoms with van der Waals surface area (Å²) in [7, 11) is 0. The highest BCUT2D eigenvalue weighted by molar-refractivity contribution is 7.10. The summed E-state index contributed by atoms with van der Waals surface area (Å²) in [5.74, 6) is 5.67. The average Bonchev–Trinajstić information content (AvgIpc) is 2.81. The van der Waals surface area contributed by atoms with Crippen molar-refractivity contribution in [1.29, 1.82) is 0 Å². The second-order valence-electron chi connectivity index (χ2n) is 4.61. The van der Waals surface area contributed by atoms with Crippen molar-refractivity contribution in [3.63, 3.8) is 0 Å². The molecule has 1 saturated heterocycles. The number of thiophene rings is 1. The van der Waals surface area contributed by atoms with E-state index >= 15 is 0 Å². The number of aliphatic hydroxyl groups excluding tert-OH is 1. The van der Waals surface area contributed by atoms with Crippen LogP contribution in [0.5, 0.6) is 0 Å². The summed E-state index contributed by atoms with van der Waals surface area (Å²) in [6.45, 7) is 0.355.